The summed E-state index contributed by atoms with van der Waals surface area (Å²) < 4.78 is 5.40. The van der Waals surface area contributed by atoms with Crippen LogP contribution in [0, 0.1) is 5.92 Å². The van der Waals surface area contributed by atoms with Gasteiger partial charge in [-0.1, -0.05) is 13.8 Å². The molecule has 0 radical (unpaired) electrons. The van der Waals surface area contributed by atoms with Gasteiger partial charge in [0.25, 0.3) is 0 Å². The highest BCUT2D eigenvalue weighted by Crippen LogP contribution is 2.21. The van der Waals surface area contributed by atoms with E-state index in [0.717, 1.165) is 24.5 Å². The monoisotopic (exact) mass is 230 g/mol. The van der Waals surface area contributed by atoms with Crippen LogP contribution in [0.25, 0.3) is 0 Å². The van der Waals surface area contributed by atoms with Crippen molar-refractivity contribution in [1.82, 2.24) is 10.6 Å². The minimum absolute atomic E-state index is 0.323. The zero-order valence-electron chi connectivity index (χ0n) is 9.88. The molecule has 0 bridgehead atoms. The molecule has 0 aromatic heterocycles. The van der Waals surface area contributed by atoms with Crippen LogP contribution in [0.3, 0.4) is 0 Å². The number of thiocarbonyl (C=S) groups is 1. The Bertz CT molecular complexity index is 209. The molecule has 1 rings (SSSR count). The Balaban J connectivity index is 2.24. The molecule has 1 aliphatic rings. The molecular weight excluding hydrogens is 208 g/mol. The van der Waals surface area contributed by atoms with Gasteiger partial charge in [0.2, 0.25) is 0 Å². The molecule has 1 fully saturated rings. The lowest BCUT2D eigenvalue weighted by Gasteiger charge is -2.22. The van der Waals surface area contributed by atoms with E-state index in [1.54, 1.807) is 7.11 Å². The van der Waals surface area contributed by atoms with Gasteiger partial charge < -0.3 is 15.4 Å². The first-order valence-electron chi connectivity index (χ1n) is 5.70. The minimum Gasteiger partial charge on any atom is -0.379 e. The first-order chi connectivity index (χ1) is 7.13. The average Bonchev–Trinajstić information content (AvgIpc) is 2.62. The highest BCUT2D eigenvalue weighted by Gasteiger charge is 2.27. The molecule has 0 saturated heterocycles. The van der Waals surface area contributed by atoms with E-state index >= 15 is 0 Å². The van der Waals surface area contributed by atoms with Crippen molar-refractivity contribution in [2.75, 3.05) is 13.7 Å². The summed E-state index contributed by atoms with van der Waals surface area (Å²) in [5, 5.41) is 7.31. The van der Waals surface area contributed by atoms with Crippen molar-refractivity contribution in [3.8, 4) is 0 Å². The maximum absolute atomic E-state index is 5.40. The molecule has 0 heterocycles. The number of hydrogen-bond acceptors (Lipinski definition) is 2. The van der Waals surface area contributed by atoms with Crippen molar-refractivity contribution in [2.45, 2.75) is 45.3 Å². The van der Waals surface area contributed by atoms with Gasteiger partial charge in [-0.25, -0.2) is 0 Å². The van der Waals surface area contributed by atoms with E-state index in [0.29, 0.717) is 18.1 Å². The smallest absolute Gasteiger partial charge is 0.166 e. The molecule has 3 nitrogen and oxygen atoms in total. The van der Waals surface area contributed by atoms with Crippen LogP contribution in [0.1, 0.15) is 33.1 Å². The fourth-order valence-electron chi connectivity index (χ4n) is 1.89. The molecule has 0 spiro atoms. The summed E-state index contributed by atoms with van der Waals surface area (Å²) in [6.07, 6.45) is 3.84. The highest BCUT2D eigenvalue weighted by atomic mass is 32.1. The second-order valence-electron chi connectivity index (χ2n) is 4.56. The van der Waals surface area contributed by atoms with Gasteiger partial charge in [-0.05, 0) is 37.4 Å². The zero-order chi connectivity index (χ0) is 11.3. The van der Waals surface area contributed by atoms with Crippen LogP contribution in [0.4, 0.5) is 0 Å². The minimum atomic E-state index is 0.323. The van der Waals surface area contributed by atoms with Crippen molar-refractivity contribution in [3.05, 3.63) is 0 Å². The van der Waals surface area contributed by atoms with Crippen LogP contribution in [0.2, 0.25) is 0 Å². The standard InChI is InChI=1S/C11H22N2OS/c1-8(2)7-12-11(15)13-9-5-4-6-10(9)14-3/h8-10H,4-7H2,1-3H3,(H2,12,13,15). The summed E-state index contributed by atoms with van der Waals surface area (Å²) in [4.78, 5) is 0. The van der Waals surface area contributed by atoms with Crippen molar-refractivity contribution in [1.29, 1.82) is 0 Å². The average molecular weight is 230 g/mol. The van der Waals surface area contributed by atoms with Crippen molar-refractivity contribution >= 4 is 17.3 Å². The summed E-state index contributed by atoms with van der Waals surface area (Å²) in [7, 11) is 1.77. The third-order valence-electron chi connectivity index (χ3n) is 2.74. The summed E-state index contributed by atoms with van der Waals surface area (Å²) >= 11 is 5.23. The molecule has 1 saturated carbocycles. The quantitative estimate of drug-likeness (QED) is 0.720. The predicted molar refractivity (Wildman–Crippen MR) is 67.0 cm³/mol. The van der Waals surface area contributed by atoms with E-state index in [1.807, 2.05) is 0 Å². The summed E-state index contributed by atoms with van der Waals surface area (Å²) in [6.45, 7) is 5.27. The van der Waals surface area contributed by atoms with Crippen LogP contribution in [0.15, 0.2) is 0 Å². The lowest BCUT2D eigenvalue weighted by Crippen LogP contribution is -2.46. The van der Waals surface area contributed by atoms with E-state index in [-0.39, 0.29) is 0 Å². The largest absolute Gasteiger partial charge is 0.379 e. The molecule has 0 aliphatic heterocycles. The van der Waals surface area contributed by atoms with Gasteiger partial charge in [0, 0.05) is 13.7 Å². The van der Waals surface area contributed by atoms with E-state index in [4.69, 9.17) is 17.0 Å². The van der Waals surface area contributed by atoms with Gasteiger partial charge in [-0.15, -0.1) is 0 Å². The van der Waals surface area contributed by atoms with Crippen molar-refractivity contribution in [3.63, 3.8) is 0 Å². The third-order valence-corrected chi connectivity index (χ3v) is 3.00. The van der Waals surface area contributed by atoms with Crippen LogP contribution in [-0.4, -0.2) is 30.9 Å². The lowest BCUT2D eigenvalue weighted by atomic mass is 10.2. The fraction of sp³-hybridized carbons (Fsp3) is 0.909. The lowest BCUT2D eigenvalue weighted by molar-refractivity contribution is 0.0907. The molecule has 1 aliphatic carbocycles. The third kappa shape index (κ3) is 4.34. The normalized spacial score (nSPS) is 25.6. The SMILES string of the molecule is COC1CCCC1NC(=S)NCC(C)C. The molecule has 2 N–H and O–H groups in total. The maximum atomic E-state index is 5.40. The number of ether oxygens (including phenoxy) is 1. The van der Waals surface area contributed by atoms with Gasteiger partial charge in [-0.3, -0.25) is 0 Å². The van der Waals surface area contributed by atoms with Crippen LogP contribution in [-0.2, 0) is 4.74 Å². The Kier molecular flexibility index (Phi) is 5.32. The number of nitrogens with one attached hydrogen (secondary N) is 2. The molecule has 0 aromatic carbocycles. The van der Waals surface area contributed by atoms with Gasteiger partial charge in [0.05, 0.1) is 12.1 Å². The molecule has 88 valence electrons. The number of hydrogen-bond donors (Lipinski definition) is 2. The van der Waals surface area contributed by atoms with E-state index in [2.05, 4.69) is 24.5 Å². The maximum Gasteiger partial charge on any atom is 0.166 e. The first-order valence-corrected chi connectivity index (χ1v) is 6.11. The molecule has 2 unspecified atom stereocenters. The summed E-state index contributed by atoms with van der Waals surface area (Å²) in [6, 6.07) is 0.391. The Morgan fingerprint density at radius 3 is 2.80 bits per heavy atom. The van der Waals surface area contributed by atoms with Gasteiger partial charge >= 0.3 is 0 Å². The molecule has 15 heavy (non-hydrogen) atoms. The second-order valence-corrected chi connectivity index (χ2v) is 4.97. The first kappa shape index (κ1) is 12.7. The Morgan fingerprint density at radius 2 is 2.20 bits per heavy atom. The van der Waals surface area contributed by atoms with E-state index in [1.165, 1.54) is 6.42 Å². The predicted octanol–water partition coefficient (Wildman–Crippen LogP) is 1.67. The van der Waals surface area contributed by atoms with Crippen molar-refractivity contribution in [2.24, 2.45) is 5.92 Å². The summed E-state index contributed by atoms with van der Waals surface area (Å²) in [5.74, 6) is 0.617. The van der Waals surface area contributed by atoms with Crippen molar-refractivity contribution < 1.29 is 4.74 Å². The van der Waals surface area contributed by atoms with Crippen LogP contribution < -0.4 is 10.6 Å². The Morgan fingerprint density at radius 1 is 1.47 bits per heavy atom. The Labute approximate surface area is 98.0 Å². The van der Waals surface area contributed by atoms with Crippen LogP contribution in [0.5, 0.6) is 0 Å². The van der Waals surface area contributed by atoms with Gasteiger partial charge in [0.1, 0.15) is 0 Å². The molecule has 0 aromatic rings. The summed E-state index contributed by atoms with van der Waals surface area (Å²) in [5.41, 5.74) is 0. The number of methoxy groups -OCH3 is 1. The topological polar surface area (TPSA) is 33.3 Å². The van der Waals surface area contributed by atoms with Gasteiger partial charge in [-0.2, -0.15) is 0 Å². The number of rotatable bonds is 4. The molecular formula is C11H22N2OS. The van der Waals surface area contributed by atoms with Crippen LogP contribution >= 0.6 is 12.2 Å². The van der Waals surface area contributed by atoms with E-state index < -0.39 is 0 Å². The molecule has 0 amide bonds. The molecule has 2 atom stereocenters. The van der Waals surface area contributed by atoms with E-state index in [9.17, 15) is 0 Å². The zero-order valence-corrected chi connectivity index (χ0v) is 10.7. The fourth-order valence-corrected chi connectivity index (χ4v) is 2.12. The highest BCUT2D eigenvalue weighted by molar-refractivity contribution is 7.80. The molecule has 4 heteroatoms. The van der Waals surface area contributed by atoms with Gasteiger partial charge in [0.15, 0.2) is 5.11 Å². The Hall–Kier alpha value is -0.350. The second kappa shape index (κ2) is 6.28.